The number of hydrogen-bond donors (Lipinski definition) is 0. The molecule has 1 atom stereocenters. The fourth-order valence-corrected chi connectivity index (χ4v) is 3.68. The van der Waals surface area contributed by atoms with Crippen molar-refractivity contribution in [3.05, 3.63) is 65.2 Å². The average Bonchev–Trinajstić information content (AvgIpc) is 3.16. The molecular weight excluding hydrogens is 326 g/mol. The Bertz CT molecular complexity index is 843. The van der Waals surface area contributed by atoms with E-state index >= 15 is 0 Å². The van der Waals surface area contributed by atoms with Crippen LogP contribution in [0.3, 0.4) is 0 Å². The predicted octanol–water partition coefficient (Wildman–Crippen LogP) is 4.14. The van der Waals surface area contributed by atoms with Gasteiger partial charge in [0.25, 0.3) is 0 Å². The maximum atomic E-state index is 12.8. The van der Waals surface area contributed by atoms with Crippen LogP contribution in [-0.2, 0) is 4.79 Å². The topological polar surface area (TPSA) is 38.8 Å². The molecule has 0 aromatic heterocycles. The van der Waals surface area contributed by atoms with Crippen molar-refractivity contribution in [3.8, 4) is 11.5 Å². The SMILES string of the molecule is Cc1cccc(C=CC(=O)N2CCCC2c2ccc3c(c2)OCCO3)c1. The summed E-state index contributed by atoms with van der Waals surface area (Å²) in [6.07, 6.45) is 5.58. The Hall–Kier alpha value is -2.75. The van der Waals surface area contributed by atoms with Gasteiger partial charge in [-0.05, 0) is 49.1 Å². The Morgan fingerprint density at radius 2 is 1.96 bits per heavy atom. The van der Waals surface area contributed by atoms with E-state index in [1.165, 1.54) is 5.56 Å². The lowest BCUT2D eigenvalue weighted by Crippen LogP contribution is -2.29. The van der Waals surface area contributed by atoms with Gasteiger partial charge in [0.05, 0.1) is 6.04 Å². The van der Waals surface area contributed by atoms with E-state index in [2.05, 4.69) is 19.1 Å². The van der Waals surface area contributed by atoms with Crippen LogP contribution in [-0.4, -0.2) is 30.6 Å². The minimum atomic E-state index is 0.0592. The number of likely N-dealkylation sites (tertiary alicyclic amines) is 1. The molecule has 0 aliphatic carbocycles. The number of aryl methyl sites for hydroxylation is 1. The number of fused-ring (bicyclic) bond motifs is 1. The van der Waals surface area contributed by atoms with Crippen molar-refractivity contribution in [2.75, 3.05) is 19.8 Å². The molecule has 0 bridgehead atoms. The van der Waals surface area contributed by atoms with Gasteiger partial charge in [-0.1, -0.05) is 35.9 Å². The van der Waals surface area contributed by atoms with Crippen LogP contribution in [0.15, 0.2) is 48.5 Å². The first-order chi connectivity index (χ1) is 12.7. The first kappa shape index (κ1) is 16.7. The van der Waals surface area contributed by atoms with Crippen LogP contribution in [0.2, 0.25) is 0 Å². The monoisotopic (exact) mass is 349 g/mol. The van der Waals surface area contributed by atoms with E-state index in [1.807, 2.05) is 41.3 Å². The van der Waals surface area contributed by atoms with Crippen LogP contribution < -0.4 is 9.47 Å². The number of carbonyl (C=O) groups excluding carboxylic acids is 1. The largest absolute Gasteiger partial charge is 0.486 e. The lowest BCUT2D eigenvalue weighted by molar-refractivity contribution is -0.126. The number of ether oxygens (including phenoxy) is 2. The highest BCUT2D eigenvalue weighted by molar-refractivity contribution is 5.92. The van der Waals surface area contributed by atoms with E-state index in [1.54, 1.807) is 6.08 Å². The van der Waals surface area contributed by atoms with E-state index in [0.29, 0.717) is 13.2 Å². The molecule has 4 heteroatoms. The third-order valence-corrected chi connectivity index (χ3v) is 4.95. The van der Waals surface area contributed by atoms with Crippen LogP contribution in [0.4, 0.5) is 0 Å². The highest BCUT2D eigenvalue weighted by Crippen LogP contribution is 2.38. The molecule has 1 saturated heterocycles. The maximum Gasteiger partial charge on any atom is 0.247 e. The second kappa shape index (κ2) is 7.24. The van der Waals surface area contributed by atoms with Gasteiger partial charge in [0.2, 0.25) is 5.91 Å². The minimum Gasteiger partial charge on any atom is -0.486 e. The third kappa shape index (κ3) is 3.45. The fourth-order valence-electron chi connectivity index (χ4n) is 3.68. The molecule has 2 aliphatic heterocycles. The van der Waals surface area contributed by atoms with Crippen molar-refractivity contribution >= 4 is 12.0 Å². The number of amides is 1. The minimum absolute atomic E-state index is 0.0592. The number of benzene rings is 2. The molecule has 2 aromatic rings. The van der Waals surface area contributed by atoms with Crippen molar-refractivity contribution in [1.82, 2.24) is 4.90 Å². The summed E-state index contributed by atoms with van der Waals surface area (Å²) in [6.45, 7) is 4.00. The number of nitrogens with zero attached hydrogens (tertiary/aromatic N) is 1. The summed E-state index contributed by atoms with van der Waals surface area (Å²) >= 11 is 0. The lowest BCUT2D eigenvalue weighted by Gasteiger charge is -2.26. The van der Waals surface area contributed by atoms with Crippen LogP contribution in [0.25, 0.3) is 6.08 Å². The molecule has 4 rings (SSSR count). The summed E-state index contributed by atoms with van der Waals surface area (Å²) in [6, 6.07) is 14.3. The van der Waals surface area contributed by atoms with Crippen LogP contribution in [0.5, 0.6) is 11.5 Å². The molecule has 0 saturated carbocycles. The molecule has 134 valence electrons. The normalized spacial score (nSPS) is 19.1. The standard InChI is InChI=1S/C22H23NO3/c1-16-4-2-5-17(14-16)7-10-22(24)23-11-3-6-19(23)18-8-9-20-21(15-18)26-13-12-25-20/h2,4-5,7-10,14-15,19H,3,6,11-13H2,1H3. The van der Waals surface area contributed by atoms with Crippen molar-refractivity contribution in [1.29, 1.82) is 0 Å². The zero-order chi connectivity index (χ0) is 17.9. The molecule has 2 aromatic carbocycles. The molecule has 2 heterocycles. The summed E-state index contributed by atoms with van der Waals surface area (Å²) < 4.78 is 11.3. The van der Waals surface area contributed by atoms with Crippen LogP contribution in [0, 0.1) is 6.92 Å². The Morgan fingerprint density at radius 1 is 1.12 bits per heavy atom. The lowest BCUT2D eigenvalue weighted by atomic mass is 10.0. The Labute approximate surface area is 154 Å². The molecule has 2 aliphatic rings. The van der Waals surface area contributed by atoms with E-state index in [0.717, 1.165) is 42.0 Å². The van der Waals surface area contributed by atoms with Crippen molar-refractivity contribution in [2.45, 2.75) is 25.8 Å². The van der Waals surface area contributed by atoms with Gasteiger partial charge in [-0.25, -0.2) is 0 Å². The molecule has 26 heavy (non-hydrogen) atoms. The first-order valence-electron chi connectivity index (χ1n) is 9.15. The number of carbonyl (C=O) groups is 1. The predicted molar refractivity (Wildman–Crippen MR) is 101 cm³/mol. The van der Waals surface area contributed by atoms with Gasteiger partial charge in [0, 0.05) is 12.6 Å². The quantitative estimate of drug-likeness (QED) is 0.782. The van der Waals surface area contributed by atoms with Crippen molar-refractivity contribution in [3.63, 3.8) is 0 Å². The van der Waals surface area contributed by atoms with Gasteiger partial charge in [-0.2, -0.15) is 0 Å². The van der Waals surface area contributed by atoms with Crippen molar-refractivity contribution < 1.29 is 14.3 Å². The molecule has 0 radical (unpaired) electrons. The molecular formula is C22H23NO3. The summed E-state index contributed by atoms with van der Waals surface area (Å²) in [5, 5.41) is 0. The fraction of sp³-hybridized carbons (Fsp3) is 0.318. The molecule has 0 spiro atoms. The third-order valence-electron chi connectivity index (χ3n) is 4.95. The van der Waals surface area contributed by atoms with E-state index in [4.69, 9.17) is 9.47 Å². The van der Waals surface area contributed by atoms with E-state index in [-0.39, 0.29) is 11.9 Å². The zero-order valence-corrected chi connectivity index (χ0v) is 15.0. The Morgan fingerprint density at radius 3 is 2.81 bits per heavy atom. The molecule has 1 amide bonds. The molecule has 1 fully saturated rings. The summed E-state index contributed by atoms with van der Waals surface area (Å²) in [4.78, 5) is 14.7. The summed E-state index contributed by atoms with van der Waals surface area (Å²) in [5.74, 6) is 1.63. The van der Waals surface area contributed by atoms with Gasteiger partial charge in [0.15, 0.2) is 11.5 Å². The Balaban J connectivity index is 1.52. The van der Waals surface area contributed by atoms with Gasteiger partial charge in [-0.15, -0.1) is 0 Å². The first-order valence-corrected chi connectivity index (χ1v) is 9.15. The second-order valence-electron chi connectivity index (χ2n) is 6.84. The van der Waals surface area contributed by atoms with Gasteiger partial charge < -0.3 is 14.4 Å². The Kier molecular flexibility index (Phi) is 4.65. The van der Waals surface area contributed by atoms with Crippen LogP contribution in [0.1, 0.15) is 35.6 Å². The zero-order valence-electron chi connectivity index (χ0n) is 15.0. The average molecular weight is 349 g/mol. The molecule has 0 N–H and O–H groups in total. The van der Waals surface area contributed by atoms with Crippen molar-refractivity contribution in [2.24, 2.45) is 0 Å². The summed E-state index contributed by atoms with van der Waals surface area (Å²) in [5.41, 5.74) is 3.35. The van der Waals surface area contributed by atoms with Crippen LogP contribution >= 0.6 is 0 Å². The van der Waals surface area contributed by atoms with Gasteiger partial charge in [-0.3, -0.25) is 4.79 Å². The van der Waals surface area contributed by atoms with E-state index in [9.17, 15) is 4.79 Å². The highest BCUT2D eigenvalue weighted by Gasteiger charge is 2.29. The van der Waals surface area contributed by atoms with E-state index < -0.39 is 0 Å². The maximum absolute atomic E-state index is 12.8. The van der Waals surface area contributed by atoms with Gasteiger partial charge >= 0.3 is 0 Å². The second-order valence-corrected chi connectivity index (χ2v) is 6.84. The smallest absolute Gasteiger partial charge is 0.247 e. The molecule has 4 nitrogen and oxygen atoms in total. The summed E-state index contributed by atoms with van der Waals surface area (Å²) in [7, 11) is 0. The van der Waals surface area contributed by atoms with Gasteiger partial charge in [0.1, 0.15) is 13.2 Å². The number of hydrogen-bond acceptors (Lipinski definition) is 3. The number of rotatable bonds is 3. The molecule has 1 unspecified atom stereocenters. The highest BCUT2D eigenvalue weighted by atomic mass is 16.6.